The molecule has 186 valence electrons. The number of aromatic nitrogens is 4. The zero-order chi connectivity index (χ0) is 26.3. The van der Waals surface area contributed by atoms with Gasteiger partial charge in [0.2, 0.25) is 0 Å². The lowest BCUT2D eigenvalue weighted by molar-refractivity contribution is 0.0793. The van der Waals surface area contributed by atoms with Crippen LogP contribution in [-0.2, 0) is 0 Å². The molecule has 7 nitrogen and oxygen atoms in total. The highest BCUT2D eigenvalue weighted by atomic mass is 19.1. The molecule has 5 rings (SSSR count). The zero-order valence-corrected chi connectivity index (χ0v) is 20.3. The van der Waals surface area contributed by atoms with Gasteiger partial charge in [-0.3, -0.25) is 19.1 Å². The first-order valence-electron chi connectivity index (χ1n) is 11.5. The maximum atomic E-state index is 15.2. The van der Waals surface area contributed by atoms with Crippen molar-refractivity contribution < 1.29 is 18.4 Å². The number of aromatic amines is 1. The van der Waals surface area contributed by atoms with E-state index in [1.165, 1.54) is 38.1 Å². The summed E-state index contributed by atoms with van der Waals surface area (Å²) in [7, 11) is 0. The van der Waals surface area contributed by atoms with Gasteiger partial charge in [0.1, 0.15) is 17.3 Å². The molecule has 9 heteroatoms. The highest BCUT2D eigenvalue weighted by Crippen LogP contribution is 2.27. The van der Waals surface area contributed by atoms with Crippen molar-refractivity contribution in [2.75, 3.05) is 0 Å². The summed E-state index contributed by atoms with van der Waals surface area (Å²) in [6.45, 7) is 4.62. The van der Waals surface area contributed by atoms with E-state index in [2.05, 4.69) is 20.5 Å². The highest BCUT2D eigenvalue weighted by molar-refractivity contribution is 6.07. The van der Waals surface area contributed by atoms with E-state index in [9.17, 15) is 14.0 Å². The molecule has 37 heavy (non-hydrogen) atoms. The van der Waals surface area contributed by atoms with Crippen molar-refractivity contribution in [1.82, 2.24) is 24.9 Å². The monoisotopic (exact) mass is 499 g/mol. The summed E-state index contributed by atoms with van der Waals surface area (Å²) in [4.78, 5) is 30.2. The Labute approximate surface area is 211 Å². The molecule has 0 aliphatic rings. The number of Topliss-reactive ketones (excluding diaryl/α,β-unsaturated/α-hetero) is 1. The first-order chi connectivity index (χ1) is 17.6. The van der Waals surface area contributed by atoms with E-state index in [0.717, 1.165) is 11.1 Å². The third-order valence-corrected chi connectivity index (χ3v) is 6.21. The fourth-order valence-corrected chi connectivity index (χ4v) is 4.18. The van der Waals surface area contributed by atoms with Crippen LogP contribution in [0.4, 0.5) is 8.78 Å². The van der Waals surface area contributed by atoms with Gasteiger partial charge in [-0.05, 0) is 62.7 Å². The van der Waals surface area contributed by atoms with Gasteiger partial charge in [0.25, 0.3) is 5.91 Å². The maximum Gasteiger partial charge on any atom is 0.255 e. The molecule has 0 aliphatic carbocycles. The Morgan fingerprint density at radius 3 is 2.35 bits per heavy atom. The van der Waals surface area contributed by atoms with E-state index in [4.69, 9.17) is 0 Å². The Bertz CT molecular complexity index is 1650. The number of nitrogens with one attached hydrogen (secondary N) is 2. The number of halogens is 2. The molecule has 3 aromatic heterocycles. The summed E-state index contributed by atoms with van der Waals surface area (Å²) in [6.07, 6.45) is 6.97. The number of H-pyrrole nitrogens is 1. The second-order valence-electron chi connectivity index (χ2n) is 9.36. The van der Waals surface area contributed by atoms with Crippen molar-refractivity contribution in [2.24, 2.45) is 0 Å². The standard InChI is InChI=1S/C28H23F2N5O2/c1-16-4-7-20(22(29)10-16)26(36)28(2,3)34-27(37)21-8-5-17(11-23(21)30)24-14-31-25-9-6-18(15-35(24)25)19-12-32-33-13-19/h4-15H,1-3H3,(H,32,33)(H,34,37). The minimum Gasteiger partial charge on any atom is -0.340 e. The summed E-state index contributed by atoms with van der Waals surface area (Å²) in [5.41, 5.74) is 2.44. The summed E-state index contributed by atoms with van der Waals surface area (Å²) in [6, 6.07) is 12.2. The van der Waals surface area contributed by atoms with Crippen molar-refractivity contribution in [3.05, 3.63) is 102 Å². The number of nitrogens with zero attached hydrogens (tertiary/aromatic N) is 3. The van der Waals surface area contributed by atoms with Crippen LogP contribution in [0.1, 0.15) is 40.1 Å². The van der Waals surface area contributed by atoms with Crippen molar-refractivity contribution in [3.63, 3.8) is 0 Å². The van der Waals surface area contributed by atoms with Crippen molar-refractivity contribution in [1.29, 1.82) is 0 Å². The molecule has 0 bridgehead atoms. The average Bonchev–Trinajstić information content (AvgIpc) is 3.53. The van der Waals surface area contributed by atoms with E-state index in [-0.39, 0.29) is 11.1 Å². The molecule has 0 radical (unpaired) electrons. The van der Waals surface area contributed by atoms with Crippen LogP contribution in [0, 0.1) is 18.6 Å². The van der Waals surface area contributed by atoms with E-state index in [0.29, 0.717) is 22.5 Å². The predicted molar refractivity (Wildman–Crippen MR) is 135 cm³/mol. The number of carbonyl (C=O) groups excluding carboxylic acids is 2. The number of rotatable bonds is 6. The molecule has 0 aliphatic heterocycles. The molecule has 2 N–H and O–H groups in total. The largest absolute Gasteiger partial charge is 0.340 e. The first-order valence-corrected chi connectivity index (χ1v) is 11.5. The van der Waals surface area contributed by atoms with Crippen LogP contribution >= 0.6 is 0 Å². The molecule has 0 atom stereocenters. The quantitative estimate of drug-likeness (QED) is 0.307. The van der Waals surface area contributed by atoms with Crippen molar-refractivity contribution in [2.45, 2.75) is 26.3 Å². The van der Waals surface area contributed by atoms with Gasteiger partial charge in [-0.1, -0.05) is 12.1 Å². The Hall–Kier alpha value is -4.66. The Morgan fingerprint density at radius 2 is 1.65 bits per heavy atom. The third-order valence-electron chi connectivity index (χ3n) is 6.21. The number of hydrogen-bond donors (Lipinski definition) is 2. The number of aryl methyl sites for hydroxylation is 1. The molecular formula is C28H23F2N5O2. The van der Waals surface area contributed by atoms with Crippen LogP contribution < -0.4 is 5.32 Å². The molecular weight excluding hydrogens is 476 g/mol. The predicted octanol–water partition coefficient (Wildman–Crippen LogP) is 5.37. The van der Waals surface area contributed by atoms with Gasteiger partial charge >= 0.3 is 0 Å². The van der Waals surface area contributed by atoms with Crippen LogP contribution in [-0.4, -0.2) is 36.8 Å². The number of benzene rings is 2. The normalized spacial score (nSPS) is 11.6. The number of fused-ring (bicyclic) bond motifs is 1. The lowest BCUT2D eigenvalue weighted by Gasteiger charge is -2.25. The Balaban J connectivity index is 1.41. The lowest BCUT2D eigenvalue weighted by Crippen LogP contribution is -2.50. The number of imidazole rings is 1. The van der Waals surface area contributed by atoms with Gasteiger partial charge in [-0.2, -0.15) is 5.10 Å². The summed E-state index contributed by atoms with van der Waals surface area (Å²) in [5, 5.41) is 9.28. The number of ketones is 1. The van der Waals surface area contributed by atoms with E-state index < -0.39 is 28.9 Å². The number of carbonyl (C=O) groups is 2. The highest BCUT2D eigenvalue weighted by Gasteiger charge is 2.33. The fourth-order valence-electron chi connectivity index (χ4n) is 4.18. The Morgan fingerprint density at radius 1 is 0.919 bits per heavy atom. The summed E-state index contributed by atoms with van der Waals surface area (Å²) in [5.74, 6) is -2.84. The van der Waals surface area contributed by atoms with Crippen LogP contribution in [0.15, 0.2) is 73.3 Å². The van der Waals surface area contributed by atoms with Crippen LogP contribution in [0.3, 0.4) is 0 Å². The molecule has 0 unspecified atom stereocenters. The van der Waals surface area contributed by atoms with E-state index in [1.807, 2.05) is 22.7 Å². The summed E-state index contributed by atoms with van der Waals surface area (Å²) >= 11 is 0. The van der Waals surface area contributed by atoms with Gasteiger partial charge in [-0.15, -0.1) is 0 Å². The van der Waals surface area contributed by atoms with Crippen LogP contribution in [0.25, 0.3) is 28.0 Å². The molecule has 1 amide bonds. The minimum absolute atomic E-state index is 0.144. The summed E-state index contributed by atoms with van der Waals surface area (Å²) < 4.78 is 31.3. The molecule has 5 aromatic rings. The average molecular weight is 500 g/mol. The van der Waals surface area contributed by atoms with Gasteiger partial charge in [-0.25, -0.2) is 13.8 Å². The molecule has 3 heterocycles. The lowest BCUT2D eigenvalue weighted by atomic mass is 9.91. The van der Waals surface area contributed by atoms with Gasteiger partial charge < -0.3 is 5.32 Å². The Kier molecular flexibility index (Phi) is 5.91. The number of hydrogen-bond acceptors (Lipinski definition) is 4. The van der Waals surface area contributed by atoms with Gasteiger partial charge in [0.05, 0.1) is 34.8 Å². The molecule has 0 saturated carbocycles. The second-order valence-corrected chi connectivity index (χ2v) is 9.36. The van der Waals surface area contributed by atoms with Crippen LogP contribution in [0.5, 0.6) is 0 Å². The fraction of sp³-hybridized carbons (Fsp3) is 0.143. The SMILES string of the molecule is Cc1ccc(C(=O)C(C)(C)NC(=O)c2ccc(-c3cnc4ccc(-c5cn[nH]c5)cn34)cc2F)c(F)c1. The third kappa shape index (κ3) is 4.51. The van der Waals surface area contributed by atoms with Gasteiger partial charge in [0, 0.05) is 29.1 Å². The second kappa shape index (κ2) is 9.09. The topological polar surface area (TPSA) is 92.2 Å². The van der Waals surface area contributed by atoms with E-state index in [1.54, 1.807) is 37.6 Å². The molecule has 0 spiro atoms. The van der Waals surface area contributed by atoms with Crippen LogP contribution in [0.2, 0.25) is 0 Å². The van der Waals surface area contributed by atoms with Crippen molar-refractivity contribution in [3.8, 4) is 22.4 Å². The molecule has 0 saturated heterocycles. The smallest absolute Gasteiger partial charge is 0.255 e. The van der Waals surface area contributed by atoms with Crippen molar-refractivity contribution >= 4 is 17.3 Å². The van der Waals surface area contributed by atoms with Gasteiger partial charge in [0.15, 0.2) is 5.78 Å². The molecule has 0 fully saturated rings. The number of amides is 1. The maximum absolute atomic E-state index is 15.2. The van der Waals surface area contributed by atoms with E-state index >= 15 is 4.39 Å². The number of pyridine rings is 1. The molecule has 2 aromatic carbocycles. The minimum atomic E-state index is -1.47. The first kappa shape index (κ1) is 24.1. The zero-order valence-electron chi connectivity index (χ0n) is 20.3.